The third-order valence-electron chi connectivity index (χ3n) is 3.42. The number of likely N-dealkylation sites (N-methyl/N-ethyl adjacent to an activating group) is 1. The molecule has 1 N–H and O–H groups in total. The predicted molar refractivity (Wildman–Crippen MR) is 77.6 cm³/mol. The summed E-state index contributed by atoms with van der Waals surface area (Å²) in [4.78, 5) is 13.8. The van der Waals surface area contributed by atoms with Crippen molar-refractivity contribution >= 4 is 17.4 Å². The van der Waals surface area contributed by atoms with Crippen LogP contribution in [-0.4, -0.2) is 43.8 Å². The Morgan fingerprint density at radius 2 is 2.42 bits per heavy atom. The van der Waals surface area contributed by atoms with E-state index in [0.717, 1.165) is 25.9 Å². The average Bonchev–Trinajstić information content (AvgIpc) is 2.81. The third-order valence-corrected chi connectivity index (χ3v) is 4.15. The van der Waals surface area contributed by atoms with Gasteiger partial charge in [0.25, 0.3) is 0 Å². The number of carbonyl (C=O) groups excluding carboxylic acids is 1. The number of hydrogen-bond acceptors (Lipinski definition) is 4. The Balaban J connectivity index is 1.86. The number of nitrogens with one attached hydrogen (secondary N) is 1. The predicted octanol–water partition coefficient (Wildman–Crippen LogP) is 2.36. The van der Waals surface area contributed by atoms with Gasteiger partial charge >= 0.3 is 6.09 Å². The highest BCUT2D eigenvalue weighted by Gasteiger charge is 2.26. The zero-order valence-corrected chi connectivity index (χ0v) is 12.4. The zero-order valence-electron chi connectivity index (χ0n) is 11.6. The second-order valence-electron chi connectivity index (χ2n) is 5.22. The van der Waals surface area contributed by atoms with Crippen molar-refractivity contribution in [1.29, 1.82) is 0 Å². The molecule has 1 amide bonds. The van der Waals surface area contributed by atoms with E-state index >= 15 is 0 Å². The first-order chi connectivity index (χ1) is 9.17. The molecule has 2 heterocycles. The van der Waals surface area contributed by atoms with E-state index < -0.39 is 0 Å². The van der Waals surface area contributed by atoms with Crippen LogP contribution in [0.3, 0.4) is 0 Å². The van der Waals surface area contributed by atoms with Crippen molar-refractivity contribution in [2.24, 2.45) is 5.92 Å². The van der Waals surface area contributed by atoms with Crippen LogP contribution in [0, 0.1) is 5.92 Å². The summed E-state index contributed by atoms with van der Waals surface area (Å²) < 4.78 is 4.95. The molecule has 1 aromatic rings. The maximum Gasteiger partial charge on any atom is 0.407 e. The molecule has 1 aliphatic rings. The van der Waals surface area contributed by atoms with Crippen molar-refractivity contribution in [2.75, 3.05) is 26.7 Å². The van der Waals surface area contributed by atoms with Crippen LogP contribution in [0.5, 0.6) is 0 Å². The smallest absolute Gasteiger partial charge is 0.407 e. The van der Waals surface area contributed by atoms with Crippen LogP contribution in [0.1, 0.15) is 18.9 Å². The van der Waals surface area contributed by atoms with E-state index in [1.165, 1.54) is 5.56 Å². The molecule has 1 fully saturated rings. The molecule has 0 spiro atoms. The maximum atomic E-state index is 11.5. The Kier molecular flexibility index (Phi) is 5.22. The highest BCUT2D eigenvalue weighted by atomic mass is 32.1. The average molecular weight is 282 g/mol. The molecule has 1 saturated heterocycles. The van der Waals surface area contributed by atoms with Crippen LogP contribution in [-0.2, 0) is 11.2 Å². The SMILES string of the molecule is CCOC(=O)NC1CC(Cc2ccsc2)CN(C)C1. The minimum Gasteiger partial charge on any atom is -0.450 e. The molecule has 2 rings (SSSR count). The maximum absolute atomic E-state index is 11.5. The Bertz CT molecular complexity index is 394. The molecule has 1 aliphatic heterocycles. The normalized spacial score (nSPS) is 24.1. The second-order valence-corrected chi connectivity index (χ2v) is 6.00. The Labute approximate surface area is 118 Å². The number of ether oxygens (including phenoxy) is 1. The molecule has 19 heavy (non-hydrogen) atoms. The van der Waals surface area contributed by atoms with Gasteiger partial charge in [-0.3, -0.25) is 0 Å². The van der Waals surface area contributed by atoms with Gasteiger partial charge in [0.1, 0.15) is 0 Å². The van der Waals surface area contributed by atoms with Crippen LogP contribution in [0.15, 0.2) is 16.8 Å². The lowest BCUT2D eigenvalue weighted by Gasteiger charge is -2.35. The van der Waals surface area contributed by atoms with Crippen LogP contribution < -0.4 is 5.32 Å². The molecule has 2 unspecified atom stereocenters. The van der Waals surface area contributed by atoms with Crippen molar-refractivity contribution < 1.29 is 9.53 Å². The fourth-order valence-corrected chi connectivity index (χ4v) is 3.46. The second kappa shape index (κ2) is 6.91. The summed E-state index contributed by atoms with van der Waals surface area (Å²) in [5.41, 5.74) is 1.40. The summed E-state index contributed by atoms with van der Waals surface area (Å²) in [5.74, 6) is 0.597. The highest BCUT2D eigenvalue weighted by Crippen LogP contribution is 2.21. The Morgan fingerprint density at radius 1 is 1.58 bits per heavy atom. The van der Waals surface area contributed by atoms with Crippen LogP contribution in [0.4, 0.5) is 4.79 Å². The Morgan fingerprint density at radius 3 is 3.11 bits per heavy atom. The van der Waals surface area contributed by atoms with Gasteiger partial charge in [-0.2, -0.15) is 11.3 Å². The fourth-order valence-electron chi connectivity index (χ4n) is 2.78. The number of rotatable bonds is 4. The summed E-state index contributed by atoms with van der Waals surface area (Å²) in [7, 11) is 2.11. The van der Waals surface area contributed by atoms with Crippen molar-refractivity contribution in [2.45, 2.75) is 25.8 Å². The quantitative estimate of drug-likeness (QED) is 0.921. The first-order valence-electron chi connectivity index (χ1n) is 6.80. The number of thiophene rings is 1. The fraction of sp³-hybridized carbons (Fsp3) is 0.643. The molecule has 0 saturated carbocycles. The van der Waals surface area contributed by atoms with Crippen molar-refractivity contribution in [3.05, 3.63) is 22.4 Å². The minimum absolute atomic E-state index is 0.196. The minimum atomic E-state index is -0.294. The monoisotopic (exact) mass is 282 g/mol. The van der Waals surface area contributed by atoms with E-state index in [0.29, 0.717) is 12.5 Å². The number of hydrogen-bond donors (Lipinski definition) is 1. The Hall–Kier alpha value is -1.07. The summed E-state index contributed by atoms with van der Waals surface area (Å²) in [6.45, 7) is 4.24. The molecule has 0 aromatic carbocycles. The first-order valence-corrected chi connectivity index (χ1v) is 7.74. The van der Waals surface area contributed by atoms with E-state index in [-0.39, 0.29) is 12.1 Å². The number of carbonyl (C=O) groups is 1. The topological polar surface area (TPSA) is 41.6 Å². The molecule has 2 atom stereocenters. The van der Waals surface area contributed by atoms with Crippen LogP contribution >= 0.6 is 11.3 Å². The lowest BCUT2D eigenvalue weighted by molar-refractivity contribution is 0.127. The molecule has 4 nitrogen and oxygen atoms in total. The van der Waals surface area contributed by atoms with Gasteiger partial charge in [-0.05, 0) is 55.1 Å². The van der Waals surface area contributed by atoms with Gasteiger partial charge in [-0.25, -0.2) is 4.79 Å². The van der Waals surface area contributed by atoms with Gasteiger partial charge in [0.05, 0.1) is 6.61 Å². The van der Waals surface area contributed by atoms with E-state index in [9.17, 15) is 4.79 Å². The van der Waals surface area contributed by atoms with E-state index in [4.69, 9.17) is 4.74 Å². The van der Waals surface area contributed by atoms with Gasteiger partial charge < -0.3 is 15.0 Å². The van der Waals surface area contributed by atoms with Gasteiger partial charge in [-0.1, -0.05) is 0 Å². The van der Waals surface area contributed by atoms with Gasteiger partial charge in [0.2, 0.25) is 0 Å². The molecule has 5 heteroatoms. The summed E-state index contributed by atoms with van der Waals surface area (Å²) in [6.07, 6.45) is 1.82. The first kappa shape index (κ1) is 14.3. The van der Waals surface area contributed by atoms with Crippen molar-refractivity contribution in [3.63, 3.8) is 0 Å². The molecule has 0 bridgehead atoms. The molecule has 106 valence electrons. The van der Waals surface area contributed by atoms with Gasteiger partial charge in [-0.15, -0.1) is 0 Å². The summed E-state index contributed by atoms with van der Waals surface area (Å²) >= 11 is 1.74. The largest absolute Gasteiger partial charge is 0.450 e. The van der Waals surface area contributed by atoms with E-state index in [1.54, 1.807) is 11.3 Å². The van der Waals surface area contributed by atoms with Crippen LogP contribution in [0.2, 0.25) is 0 Å². The number of nitrogens with zero attached hydrogens (tertiary/aromatic N) is 1. The molecule has 1 aromatic heterocycles. The number of amides is 1. The van der Waals surface area contributed by atoms with Crippen LogP contribution in [0.25, 0.3) is 0 Å². The van der Waals surface area contributed by atoms with E-state index in [1.807, 2.05) is 6.92 Å². The third kappa shape index (κ3) is 4.51. The standard InChI is InChI=1S/C14H22N2O2S/c1-3-18-14(17)15-13-7-12(8-16(2)9-13)6-11-4-5-19-10-11/h4-5,10,12-13H,3,6-9H2,1-2H3,(H,15,17). The number of piperidine rings is 1. The lowest BCUT2D eigenvalue weighted by Crippen LogP contribution is -2.50. The van der Waals surface area contributed by atoms with Crippen molar-refractivity contribution in [3.8, 4) is 0 Å². The van der Waals surface area contributed by atoms with Gasteiger partial charge in [0.15, 0.2) is 0 Å². The lowest BCUT2D eigenvalue weighted by atomic mass is 9.90. The summed E-state index contributed by atoms with van der Waals surface area (Å²) in [5, 5.41) is 7.29. The van der Waals surface area contributed by atoms with Crippen molar-refractivity contribution in [1.82, 2.24) is 10.2 Å². The number of alkyl carbamates (subject to hydrolysis) is 1. The van der Waals surface area contributed by atoms with E-state index in [2.05, 4.69) is 34.1 Å². The molecular formula is C14H22N2O2S. The molecular weight excluding hydrogens is 260 g/mol. The molecule has 0 aliphatic carbocycles. The summed E-state index contributed by atoms with van der Waals surface area (Å²) in [6, 6.07) is 2.38. The highest BCUT2D eigenvalue weighted by molar-refractivity contribution is 7.07. The van der Waals surface area contributed by atoms with Gasteiger partial charge in [0, 0.05) is 19.1 Å². The number of likely N-dealkylation sites (tertiary alicyclic amines) is 1. The zero-order chi connectivity index (χ0) is 13.7. The molecule has 0 radical (unpaired) electrons.